The Morgan fingerprint density at radius 2 is 2.00 bits per heavy atom. The molecule has 40 heavy (non-hydrogen) atoms. The Morgan fingerprint density at radius 1 is 1.20 bits per heavy atom. The molecule has 1 aromatic rings. The molecule has 5 rings (SSSR count). The van der Waals surface area contributed by atoms with Gasteiger partial charge in [-0.1, -0.05) is 23.7 Å². The van der Waals surface area contributed by atoms with E-state index in [2.05, 4.69) is 36.1 Å². The number of hydrogen-bond donors (Lipinski definition) is 3. The van der Waals surface area contributed by atoms with Gasteiger partial charge >= 0.3 is 6.03 Å². The van der Waals surface area contributed by atoms with E-state index in [0.717, 1.165) is 43.2 Å². The zero-order valence-electron chi connectivity index (χ0n) is 23.4. The number of amides is 3. The number of azo groups is 1. The number of rotatable bonds is 5. The number of urea groups is 1. The maximum Gasteiger partial charge on any atom is 0.318 e. The molecule has 0 bridgehead atoms. The van der Waals surface area contributed by atoms with Crippen molar-refractivity contribution in [1.82, 2.24) is 25.8 Å². The predicted molar refractivity (Wildman–Crippen MR) is 153 cm³/mol. The zero-order chi connectivity index (χ0) is 28.3. The molecule has 3 fully saturated rings. The Balaban J connectivity index is 1.24. The van der Waals surface area contributed by atoms with Crippen molar-refractivity contribution in [1.29, 1.82) is 0 Å². The van der Waals surface area contributed by atoms with Crippen LogP contribution < -0.4 is 16.0 Å². The lowest BCUT2D eigenvalue weighted by atomic mass is 9.92. The average molecular weight is 571 g/mol. The third-order valence-corrected chi connectivity index (χ3v) is 8.50. The standard InChI is InChI=1S/C28H39ClN8O3/c1-28(2)23-13-31-26(32-21-7-9-40-10-8-21)34-24(23)17-37(28)27(39)33-22-12-19(25(38)35-30-3)15-36(16-22)14-18-5-4-6-20(29)11-18/h4-6,11,13,19,21-22,24H,7-10,12,14-17H2,1-3H3,(H,33,39)(H2,31,32,34). The van der Waals surface area contributed by atoms with Crippen molar-refractivity contribution in [2.75, 3.05) is 39.9 Å². The fraction of sp³-hybridized carbons (Fsp3) is 0.607. The number of ether oxygens (including phenoxy) is 1. The van der Waals surface area contributed by atoms with E-state index in [1.807, 2.05) is 49.2 Å². The largest absolute Gasteiger partial charge is 0.381 e. The van der Waals surface area contributed by atoms with Gasteiger partial charge in [0.2, 0.25) is 0 Å². The zero-order valence-corrected chi connectivity index (χ0v) is 24.2. The Labute approximate surface area is 240 Å². The van der Waals surface area contributed by atoms with Gasteiger partial charge in [0.25, 0.3) is 5.91 Å². The predicted octanol–water partition coefficient (Wildman–Crippen LogP) is 2.92. The number of piperidine rings is 1. The molecule has 3 amide bonds. The molecule has 3 N–H and O–H groups in total. The number of nitrogens with zero attached hydrogens (tertiary/aromatic N) is 5. The summed E-state index contributed by atoms with van der Waals surface area (Å²) in [6, 6.07) is 7.63. The first-order valence-corrected chi connectivity index (χ1v) is 14.4. The van der Waals surface area contributed by atoms with Gasteiger partial charge < -0.3 is 25.6 Å². The highest BCUT2D eigenvalue weighted by atomic mass is 35.5. The van der Waals surface area contributed by atoms with Crippen molar-refractivity contribution in [3.05, 3.63) is 46.6 Å². The van der Waals surface area contributed by atoms with Crippen LogP contribution in [0.1, 0.15) is 38.7 Å². The van der Waals surface area contributed by atoms with Gasteiger partial charge in [0, 0.05) is 69.7 Å². The van der Waals surface area contributed by atoms with Crippen LogP contribution in [0.5, 0.6) is 0 Å². The van der Waals surface area contributed by atoms with E-state index in [4.69, 9.17) is 16.3 Å². The van der Waals surface area contributed by atoms with Crippen LogP contribution in [-0.4, -0.2) is 91.3 Å². The second-order valence-corrected chi connectivity index (χ2v) is 11.9. The normalized spacial score (nSPS) is 27.0. The lowest BCUT2D eigenvalue weighted by Gasteiger charge is -2.39. The molecule has 216 valence electrons. The van der Waals surface area contributed by atoms with Crippen molar-refractivity contribution < 1.29 is 14.3 Å². The molecule has 0 aromatic heterocycles. The number of hydrogen-bond acceptors (Lipinski definition) is 8. The number of likely N-dealkylation sites (tertiary alicyclic amines) is 2. The van der Waals surface area contributed by atoms with Crippen LogP contribution in [0.3, 0.4) is 0 Å². The molecule has 3 atom stereocenters. The van der Waals surface area contributed by atoms with Crippen LogP contribution in [0.4, 0.5) is 4.79 Å². The minimum atomic E-state index is -0.518. The molecule has 0 radical (unpaired) electrons. The van der Waals surface area contributed by atoms with Gasteiger partial charge in [-0.25, -0.2) is 9.79 Å². The summed E-state index contributed by atoms with van der Waals surface area (Å²) in [7, 11) is 1.50. The topological polar surface area (TPSA) is 123 Å². The van der Waals surface area contributed by atoms with Crippen LogP contribution in [0.25, 0.3) is 0 Å². The molecule has 0 saturated carbocycles. The maximum atomic E-state index is 13.7. The molecule has 12 heteroatoms. The van der Waals surface area contributed by atoms with E-state index in [1.54, 1.807) is 0 Å². The van der Waals surface area contributed by atoms with Crippen molar-refractivity contribution in [2.45, 2.75) is 63.3 Å². The Hall–Kier alpha value is -3.02. The van der Waals surface area contributed by atoms with E-state index in [-0.39, 0.29) is 29.9 Å². The van der Waals surface area contributed by atoms with Crippen molar-refractivity contribution in [3.63, 3.8) is 0 Å². The van der Waals surface area contributed by atoms with Gasteiger partial charge in [-0.05, 0) is 56.4 Å². The first kappa shape index (κ1) is 28.5. The monoisotopic (exact) mass is 570 g/mol. The Morgan fingerprint density at radius 3 is 2.75 bits per heavy atom. The van der Waals surface area contributed by atoms with Gasteiger partial charge in [-0.3, -0.25) is 9.69 Å². The van der Waals surface area contributed by atoms with Crippen LogP contribution in [-0.2, 0) is 16.1 Å². The van der Waals surface area contributed by atoms with Gasteiger partial charge in [-0.15, -0.1) is 5.11 Å². The van der Waals surface area contributed by atoms with E-state index >= 15 is 0 Å². The summed E-state index contributed by atoms with van der Waals surface area (Å²) in [4.78, 5) is 35.1. The molecule has 4 aliphatic rings. The van der Waals surface area contributed by atoms with Crippen LogP contribution in [0.15, 0.2) is 51.3 Å². The SMILES string of the molecule is CN=NC(=O)C1CC(NC(=O)N2CC3NC(NC4CCOCC4)=NC=C3C2(C)C)CN(Cc2cccc(Cl)c2)C1. The number of halogens is 1. The lowest BCUT2D eigenvalue weighted by molar-refractivity contribution is -0.124. The number of fused-ring (bicyclic) bond motifs is 1. The molecule has 4 heterocycles. The molecule has 3 saturated heterocycles. The summed E-state index contributed by atoms with van der Waals surface area (Å²) < 4.78 is 5.46. The summed E-state index contributed by atoms with van der Waals surface area (Å²) in [5.74, 6) is 0.128. The van der Waals surface area contributed by atoms with E-state index in [9.17, 15) is 9.59 Å². The van der Waals surface area contributed by atoms with Gasteiger partial charge in [0.05, 0.1) is 17.5 Å². The third-order valence-electron chi connectivity index (χ3n) is 8.27. The highest BCUT2D eigenvalue weighted by Gasteiger charge is 2.47. The summed E-state index contributed by atoms with van der Waals surface area (Å²) in [6.07, 6.45) is 4.30. The number of aliphatic imine (C=N–C) groups is 1. The first-order valence-electron chi connectivity index (χ1n) is 14.0. The van der Waals surface area contributed by atoms with E-state index in [0.29, 0.717) is 43.7 Å². The minimum Gasteiger partial charge on any atom is -0.381 e. The second kappa shape index (κ2) is 12.2. The van der Waals surface area contributed by atoms with Crippen molar-refractivity contribution >= 4 is 29.5 Å². The van der Waals surface area contributed by atoms with Gasteiger partial charge in [0.1, 0.15) is 0 Å². The fourth-order valence-electron chi connectivity index (χ4n) is 6.18. The quantitative estimate of drug-likeness (QED) is 0.468. The molecule has 0 spiro atoms. The second-order valence-electron chi connectivity index (χ2n) is 11.5. The van der Waals surface area contributed by atoms with Crippen LogP contribution in [0, 0.1) is 5.92 Å². The highest BCUT2D eigenvalue weighted by molar-refractivity contribution is 6.30. The Bertz CT molecular complexity index is 1200. The molecular weight excluding hydrogens is 532 g/mol. The molecule has 0 aliphatic carbocycles. The van der Waals surface area contributed by atoms with Crippen molar-refractivity contribution in [3.8, 4) is 0 Å². The maximum absolute atomic E-state index is 13.7. The van der Waals surface area contributed by atoms with E-state index < -0.39 is 5.54 Å². The van der Waals surface area contributed by atoms with Gasteiger partial charge in [0.15, 0.2) is 5.96 Å². The molecule has 4 aliphatic heterocycles. The Kier molecular flexibility index (Phi) is 8.72. The number of guanidine groups is 1. The summed E-state index contributed by atoms with van der Waals surface area (Å²) in [6.45, 7) is 7.90. The number of benzene rings is 1. The number of carbonyl (C=O) groups excluding carboxylic acids is 2. The summed E-state index contributed by atoms with van der Waals surface area (Å²) in [5.41, 5.74) is 1.61. The van der Waals surface area contributed by atoms with E-state index in [1.165, 1.54) is 7.05 Å². The lowest BCUT2D eigenvalue weighted by Crippen LogP contribution is -2.56. The molecule has 3 unspecified atom stereocenters. The number of nitrogens with one attached hydrogen (secondary N) is 3. The van der Waals surface area contributed by atoms with Crippen LogP contribution >= 0.6 is 11.6 Å². The fourth-order valence-corrected chi connectivity index (χ4v) is 6.39. The first-order chi connectivity index (χ1) is 19.2. The molecule has 11 nitrogen and oxygen atoms in total. The van der Waals surface area contributed by atoms with Gasteiger partial charge in [-0.2, -0.15) is 5.11 Å². The summed E-state index contributed by atoms with van der Waals surface area (Å²) in [5, 5.41) is 18.4. The molecule has 1 aromatic carbocycles. The van der Waals surface area contributed by atoms with Crippen molar-refractivity contribution in [2.24, 2.45) is 21.1 Å². The number of carbonyl (C=O) groups is 2. The highest BCUT2D eigenvalue weighted by Crippen LogP contribution is 2.36. The average Bonchev–Trinajstić information content (AvgIpc) is 3.19. The summed E-state index contributed by atoms with van der Waals surface area (Å²) >= 11 is 6.20. The third kappa shape index (κ3) is 6.47. The van der Waals surface area contributed by atoms with Crippen LogP contribution in [0.2, 0.25) is 5.02 Å². The molecular formula is C28H39ClN8O3. The minimum absolute atomic E-state index is 0.0226. The smallest absolute Gasteiger partial charge is 0.318 e.